The fourth-order valence-corrected chi connectivity index (χ4v) is 1.98. The largest absolute Gasteiger partial charge is 0.394 e. The normalized spacial score (nSPS) is 29.5. The third-order valence-electron chi connectivity index (χ3n) is 2.55. The Kier molecular flexibility index (Phi) is 3.20. The predicted octanol–water partition coefficient (Wildman–Crippen LogP) is -0.165. The number of rotatable bonds is 2. The molecule has 1 aromatic rings. The van der Waals surface area contributed by atoms with Gasteiger partial charge in [-0.2, -0.15) is 0 Å². The van der Waals surface area contributed by atoms with E-state index >= 15 is 0 Å². The first kappa shape index (κ1) is 11.5. The average Bonchev–Trinajstić information content (AvgIpc) is 2.59. The second kappa shape index (κ2) is 4.46. The highest BCUT2D eigenvalue weighted by Crippen LogP contribution is 2.28. The number of aliphatic hydroxyl groups is 2. The predicted molar refractivity (Wildman–Crippen MR) is 59.1 cm³/mol. The lowest BCUT2D eigenvalue weighted by molar-refractivity contribution is -0.0452. The Hall–Kier alpha value is -1.02. The maximum absolute atomic E-state index is 9.59. The van der Waals surface area contributed by atoms with Crippen LogP contribution in [-0.4, -0.2) is 38.6 Å². The molecule has 1 fully saturated rings. The minimum atomic E-state index is -0.686. The molecule has 1 aliphatic heterocycles. The highest BCUT2D eigenvalue weighted by molar-refractivity contribution is 7.71. The van der Waals surface area contributed by atoms with E-state index in [9.17, 15) is 5.11 Å². The van der Waals surface area contributed by atoms with Crippen molar-refractivity contribution in [2.75, 3.05) is 12.3 Å². The zero-order valence-electron chi connectivity index (χ0n) is 8.48. The van der Waals surface area contributed by atoms with Crippen LogP contribution in [0.5, 0.6) is 0 Å². The zero-order chi connectivity index (χ0) is 11.7. The van der Waals surface area contributed by atoms with E-state index in [4.69, 9.17) is 27.8 Å². The monoisotopic (exact) mass is 243 g/mol. The van der Waals surface area contributed by atoms with Gasteiger partial charge >= 0.3 is 0 Å². The first-order valence-corrected chi connectivity index (χ1v) is 5.31. The second-order valence-electron chi connectivity index (χ2n) is 3.66. The van der Waals surface area contributed by atoms with Gasteiger partial charge in [-0.3, -0.25) is 4.57 Å². The number of nitrogen functional groups attached to an aromatic ring is 1. The van der Waals surface area contributed by atoms with E-state index < -0.39 is 18.4 Å². The molecule has 0 bridgehead atoms. The number of ether oxygens (including phenoxy) is 1. The van der Waals surface area contributed by atoms with Gasteiger partial charge in [0.1, 0.15) is 18.1 Å². The Morgan fingerprint density at radius 2 is 2.44 bits per heavy atom. The molecular weight excluding hydrogens is 230 g/mol. The topological polar surface area (TPSA) is 93.5 Å². The Morgan fingerprint density at radius 1 is 1.69 bits per heavy atom. The minimum absolute atomic E-state index is 0.215. The van der Waals surface area contributed by atoms with Gasteiger partial charge in [-0.25, -0.2) is 4.98 Å². The van der Waals surface area contributed by atoms with Crippen LogP contribution in [0.4, 0.5) is 5.82 Å². The van der Waals surface area contributed by atoms with Crippen molar-refractivity contribution in [3.63, 3.8) is 0 Å². The summed E-state index contributed by atoms with van der Waals surface area (Å²) in [4.78, 5) is 3.93. The van der Waals surface area contributed by atoms with Crippen LogP contribution in [0.1, 0.15) is 12.6 Å². The molecule has 1 saturated heterocycles. The molecule has 1 aliphatic rings. The third kappa shape index (κ3) is 2.07. The summed E-state index contributed by atoms with van der Waals surface area (Å²) < 4.78 is 7.36. The summed E-state index contributed by atoms with van der Waals surface area (Å²) >= 11 is 5.04. The third-order valence-corrected chi connectivity index (χ3v) is 2.85. The number of anilines is 1. The molecule has 4 N–H and O–H groups in total. The summed E-state index contributed by atoms with van der Waals surface area (Å²) in [7, 11) is 0. The van der Waals surface area contributed by atoms with E-state index in [1.807, 2.05) is 0 Å². The van der Waals surface area contributed by atoms with Crippen LogP contribution in [0.15, 0.2) is 12.3 Å². The van der Waals surface area contributed by atoms with Gasteiger partial charge in [-0.15, -0.1) is 0 Å². The van der Waals surface area contributed by atoms with Gasteiger partial charge in [0.2, 0.25) is 4.77 Å². The van der Waals surface area contributed by atoms with Crippen molar-refractivity contribution in [3.8, 4) is 0 Å². The number of hydrogen-bond donors (Lipinski definition) is 3. The molecule has 0 spiro atoms. The zero-order valence-corrected chi connectivity index (χ0v) is 9.30. The second-order valence-corrected chi connectivity index (χ2v) is 4.02. The maximum Gasteiger partial charge on any atom is 0.203 e. The molecule has 0 aliphatic carbocycles. The summed E-state index contributed by atoms with van der Waals surface area (Å²) in [6.45, 7) is -0.215. The van der Waals surface area contributed by atoms with Crippen molar-refractivity contribution >= 4 is 18.0 Å². The average molecular weight is 243 g/mol. The summed E-state index contributed by atoms with van der Waals surface area (Å²) in [6.07, 6.45) is 0.402. The number of nitrogens with two attached hydrogens (primary N) is 1. The van der Waals surface area contributed by atoms with Crippen molar-refractivity contribution in [1.82, 2.24) is 9.55 Å². The van der Waals surface area contributed by atoms with Gasteiger partial charge < -0.3 is 20.7 Å². The fourth-order valence-electron chi connectivity index (χ4n) is 1.70. The van der Waals surface area contributed by atoms with E-state index in [-0.39, 0.29) is 6.61 Å². The summed E-state index contributed by atoms with van der Waals surface area (Å²) in [6, 6.07) is 1.61. The number of aromatic nitrogens is 2. The molecule has 0 amide bonds. The van der Waals surface area contributed by atoms with E-state index in [2.05, 4.69) is 4.98 Å². The molecular formula is C9H13N3O3S. The van der Waals surface area contributed by atoms with Gasteiger partial charge in [0.25, 0.3) is 0 Å². The van der Waals surface area contributed by atoms with E-state index in [1.54, 1.807) is 16.8 Å². The summed E-state index contributed by atoms with van der Waals surface area (Å²) in [5, 5.41) is 18.5. The van der Waals surface area contributed by atoms with Gasteiger partial charge in [0.15, 0.2) is 0 Å². The van der Waals surface area contributed by atoms with Crippen LogP contribution in [0.2, 0.25) is 0 Å². The molecule has 1 aromatic heterocycles. The lowest BCUT2D eigenvalue weighted by Gasteiger charge is -2.15. The molecule has 88 valence electrons. The van der Waals surface area contributed by atoms with Crippen LogP contribution in [0.25, 0.3) is 0 Å². The highest BCUT2D eigenvalue weighted by atomic mass is 32.1. The smallest absolute Gasteiger partial charge is 0.203 e. The standard InChI is InChI=1S/C9H13N3O3S/c10-7-1-2-12(9(16)11-7)8-3-5(14)6(4-13)15-8/h1-2,5-6,8,13-14H,3-4H2,(H2,10,11,16)/t5?,6-,8?/m1/s1. The van der Waals surface area contributed by atoms with Crippen molar-refractivity contribution < 1.29 is 14.9 Å². The first-order valence-electron chi connectivity index (χ1n) is 4.91. The van der Waals surface area contributed by atoms with Crippen molar-refractivity contribution in [1.29, 1.82) is 0 Å². The molecule has 6 nitrogen and oxygen atoms in total. The van der Waals surface area contributed by atoms with E-state index in [1.165, 1.54) is 0 Å². The molecule has 0 aromatic carbocycles. The lowest BCUT2D eigenvalue weighted by Crippen LogP contribution is -2.24. The fraction of sp³-hybridized carbons (Fsp3) is 0.556. The molecule has 16 heavy (non-hydrogen) atoms. The highest BCUT2D eigenvalue weighted by Gasteiger charge is 2.34. The van der Waals surface area contributed by atoms with E-state index in [0.717, 1.165) is 0 Å². The number of aliphatic hydroxyl groups excluding tert-OH is 2. The molecule has 2 heterocycles. The van der Waals surface area contributed by atoms with Crippen LogP contribution in [0, 0.1) is 4.77 Å². The molecule has 0 radical (unpaired) electrons. The van der Waals surface area contributed by atoms with Gasteiger partial charge in [0, 0.05) is 12.6 Å². The van der Waals surface area contributed by atoms with Crippen LogP contribution in [0.3, 0.4) is 0 Å². The number of hydrogen-bond acceptors (Lipinski definition) is 6. The minimum Gasteiger partial charge on any atom is -0.394 e. The van der Waals surface area contributed by atoms with Crippen molar-refractivity contribution in [2.24, 2.45) is 0 Å². The Bertz CT molecular complexity index is 436. The van der Waals surface area contributed by atoms with Crippen LogP contribution in [-0.2, 0) is 4.74 Å². The molecule has 0 saturated carbocycles. The van der Waals surface area contributed by atoms with E-state index in [0.29, 0.717) is 17.0 Å². The Morgan fingerprint density at radius 3 is 3.00 bits per heavy atom. The SMILES string of the molecule is Nc1ccn(C2CC(O)[C@@H](CO)O2)c(=S)n1. The van der Waals surface area contributed by atoms with Gasteiger partial charge in [0.05, 0.1) is 12.7 Å². The molecule has 2 rings (SSSR count). The van der Waals surface area contributed by atoms with Crippen molar-refractivity contribution in [3.05, 3.63) is 17.0 Å². The maximum atomic E-state index is 9.59. The quantitative estimate of drug-likeness (QED) is 0.625. The summed E-state index contributed by atoms with van der Waals surface area (Å²) in [5.74, 6) is 0.346. The Balaban J connectivity index is 2.23. The Labute approximate surface area is 97.3 Å². The summed E-state index contributed by atoms with van der Waals surface area (Å²) in [5.41, 5.74) is 5.49. The molecule has 2 unspecified atom stereocenters. The van der Waals surface area contributed by atoms with Crippen LogP contribution < -0.4 is 5.73 Å². The van der Waals surface area contributed by atoms with Gasteiger partial charge in [-0.1, -0.05) is 0 Å². The van der Waals surface area contributed by atoms with Crippen LogP contribution >= 0.6 is 12.2 Å². The van der Waals surface area contributed by atoms with Crippen molar-refractivity contribution in [2.45, 2.75) is 24.9 Å². The molecule has 3 atom stereocenters. The van der Waals surface area contributed by atoms with Gasteiger partial charge in [-0.05, 0) is 18.3 Å². The molecule has 7 heteroatoms. The lowest BCUT2D eigenvalue weighted by atomic mass is 10.2. The first-order chi connectivity index (χ1) is 7.61. The number of nitrogens with zero attached hydrogens (tertiary/aromatic N) is 2.